The van der Waals surface area contributed by atoms with Gasteiger partial charge in [0.2, 0.25) is 0 Å². The standard InChI is InChI=1S/C28H36O5S2/c1-21-25(13-14-29)33-26(17-28(21)34-15-6-16-35-28)27(20-31-18-22-7-4-3-5-8-22)32-19-23-9-11-24(30-2)12-10-23/h3-5,7-12,14,21,25-27H,6,13,15-20H2,1-2H3/t21-,25-,26+,27-/m1/s1. The minimum absolute atomic E-state index is 0.0516. The summed E-state index contributed by atoms with van der Waals surface area (Å²) in [5, 5.41) is 0. The Morgan fingerprint density at radius 3 is 2.46 bits per heavy atom. The first kappa shape index (κ1) is 26.6. The van der Waals surface area contributed by atoms with E-state index in [4.69, 9.17) is 18.9 Å². The van der Waals surface area contributed by atoms with Gasteiger partial charge in [-0.25, -0.2) is 0 Å². The third-order valence-electron chi connectivity index (χ3n) is 6.83. The minimum Gasteiger partial charge on any atom is -0.497 e. The Morgan fingerprint density at radius 1 is 1.06 bits per heavy atom. The summed E-state index contributed by atoms with van der Waals surface area (Å²) in [6.07, 6.45) is 3.05. The van der Waals surface area contributed by atoms with Gasteiger partial charge in [0, 0.05) is 18.8 Å². The fraction of sp³-hybridized carbons (Fsp3) is 0.536. The predicted molar refractivity (Wildman–Crippen MR) is 143 cm³/mol. The Hall–Kier alpha value is -1.51. The van der Waals surface area contributed by atoms with Gasteiger partial charge in [-0.15, -0.1) is 23.5 Å². The number of benzene rings is 2. The van der Waals surface area contributed by atoms with Gasteiger partial charge in [0.15, 0.2) is 0 Å². The summed E-state index contributed by atoms with van der Waals surface area (Å²) >= 11 is 4.08. The van der Waals surface area contributed by atoms with Crippen molar-refractivity contribution >= 4 is 29.8 Å². The number of thioether (sulfide) groups is 2. The monoisotopic (exact) mass is 516 g/mol. The molecule has 2 aliphatic rings. The lowest BCUT2D eigenvalue weighted by Gasteiger charge is -2.51. The highest BCUT2D eigenvalue weighted by atomic mass is 32.2. The van der Waals surface area contributed by atoms with E-state index in [-0.39, 0.29) is 22.4 Å². The van der Waals surface area contributed by atoms with Crippen molar-refractivity contribution in [3.8, 4) is 5.75 Å². The van der Waals surface area contributed by atoms with E-state index in [2.05, 4.69) is 19.1 Å². The number of rotatable bonds is 11. The molecule has 2 aromatic rings. The maximum atomic E-state index is 11.5. The van der Waals surface area contributed by atoms with E-state index < -0.39 is 0 Å². The van der Waals surface area contributed by atoms with Gasteiger partial charge < -0.3 is 23.7 Å². The lowest BCUT2D eigenvalue weighted by Crippen LogP contribution is -2.54. The zero-order chi connectivity index (χ0) is 24.5. The SMILES string of the molecule is COc1ccc(CO[C@H](COCc2ccccc2)[C@@H]2CC3(SCCCS3)[C@H](C)[C@@H](CC=O)O2)cc1. The molecule has 7 heteroatoms. The second-order valence-electron chi connectivity index (χ2n) is 9.17. The van der Waals surface area contributed by atoms with Crippen LogP contribution in [0.15, 0.2) is 54.6 Å². The van der Waals surface area contributed by atoms with Crippen LogP contribution in [-0.4, -0.2) is 53.9 Å². The molecule has 0 aromatic heterocycles. The summed E-state index contributed by atoms with van der Waals surface area (Å²) in [5.74, 6) is 3.43. The summed E-state index contributed by atoms with van der Waals surface area (Å²) in [5.41, 5.74) is 2.21. The number of ether oxygens (including phenoxy) is 4. The highest BCUT2D eigenvalue weighted by Crippen LogP contribution is 2.55. The third-order valence-corrected chi connectivity index (χ3v) is 10.6. The van der Waals surface area contributed by atoms with Crippen LogP contribution in [0.2, 0.25) is 0 Å². The lowest BCUT2D eigenvalue weighted by molar-refractivity contribution is -0.165. The third kappa shape index (κ3) is 7.04. The summed E-state index contributed by atoms with van der Waals surface area (Å²) in [4.78, 5) is 11.5. The van der Waals surface area contributed by atoms with Crippen LogP contribution in [0.4, 0.5) is 0 Å². The normalized spacial score (nSPS) is 24.7. The number of hydrogen-bond acceptors (Lipinski definition) is 7. The topological polar surface area (TPSA) is 54.0 Å². The number of methoxy groups -OCH3 is 1. The molecule has 2 aliphatic heterocycles. The summed E-state index contributed by atoms with van der Waals surface area (Å²) in [6.45, 7) is 3.67. The molecular weight excluding hydrogens is 480 g/mol. The van der Waals surface area contributed by atoms with Gasteiger partial charge in [-0.2, -0.15) is 0 Å². The molecule has 2 heterocycles. The first-order chi connectivity index (χ1) is 17.1. The van der Waals surface area contributed by atoms with Crippen molar-refractivity contribution in [1.82, 2.24) is 0 Å². The zero-order valence-corrected chi connectivity index (χ0v) is 22.2. The summed E-state index contributed by atoms with van der Waals surface area (Å²) < 4.78 is 24.5. The van der Waals surface area contributed by atoms with Crippen molar-refractivity contribution in [2.24, 2.45) is 5.92 Å². The molecule has 35 heavy (non-hydrogen) atoms. The van der Waals surface area contributed by atoms with Crippen LogP contribution in [0.1, 0.15) is 37.3 Å². The highest BCUT2D eigenvalue weighted by Gasteiger charge is 2.50. The van der Waals surface area contributed by atoms with Gasteiger partial charge in [-0.1, -0.05) is 49.4 Å². The van der Waals surface area contributed by atoms with Crippen LogP contribution in [0.3, 0.4) is 0 Å². The smallest absolute Gasteiger partial charge is 0.122 e. The maximum absolute atomic E-state index is 11.5. The first-order valence-corrected chi connectivity index (χ1v) is 14.3. The van der Waals surface area contributed by atoms with E-state index in [1.807, 2.05) is 66.0 Å². The molecule has 0 aliphatic carbocycles. The van der Waals surface area contributed by atoms with Crippen molar-refractivity contribution in [3.63, 3.8) is 0 Å². The Morgan fingerprint density at radius 2 is 1.77 bits per heavy atom. The van der Waals surface area contributed by atoms with Crippen LogP contribution in [0.25, 0.3) is 0 Å². The van der Waals surface area contributed by atoms with E-state index in [9.17, 15) is 4.79 Å². The first-order valence-electron chi connectivity index (χ1n) is 12.4. The van der Waals surface area contributed by atoms with Crippen molar-refractivity contribution < 1.29 is 23.7 Å². The van der Waals surface area contributed by atoms with Crippen LogP contribution < -0.4 is 4.74 Å². The highest BCUT2D eigenvalue weighted by molar-refractivity contribution is 8.18. The molecule has 0 N–H and O–H groups in total. The molecule has 0 bridgehead atoms. The van der Waals surface area contributed by atoms with Gasteiger partial charge in [0.1, 0.15) is 18.1 Å². The van der Waals surface area contributed by atoms with Gasteiger partial charge in [0.25, 0.3) is 0 Å². The van der Waals surface area contributed by atoms with Crippen LogP contribution in [0.5, 0.6) is 5.75 Å². The lowest BCUT2D eigenvalue weighted by atomic mass is 9.88. The van der Waals surface area contributed by atoms with E-state index in [0.29, 0.717) is 32.2 Å². The number of aldehydes is 1. The van der Waals surface area contributed by atoms with E-state index >= 15 is 0 Å². The van der Waals surface area contributed by atoms with Gasteiger partial charge in [0.05, 0.1) is 43.2 Å². The molecule has 2 aromatic carbocycles. The minimum atomic E-state index is -0.234. The second kappa shape index (κ2) is 13.2. The average molecular weight is 517 g/mol. The summed E-state index contributed by atoms with van der Waals surface area (Å²) in [6, 6.07) is 18.1. The molecular formula is C28H36O5S2. The predicted octanol–water partition coefficient (Wildman–Crippen LogP) is 5.75. The quantitative estimate of drug-likeness (QED) is 0.353. The van der Waals surface area contributed by atoms with E-state index in [1.165, 1.54) is 6.42 Å². The molecule has 0 unspecified atom stereocenters. The molecule has 4 atom stereocenters. The molecule has 0 amide bonds. The molecule has 5 nitrogen and oxygen atoms in total. The molecule has 2 saturated heterocycles. The Bertz CT molecular complexity index is 901. The molecule has 190 valence electrons. The fourth-order valence-corrected chi connectivity index (χ4v) is 8.42. The van der Waals surface area contributed by atoms with Crippen LogP contribution in [-0.2, 0) is 32.2 Å². The summed E-state index contributed by atoms with van der Waals surface area (Å²) in [7, 11) is 1.67. The number of carbonyl (C=O) groups excluding carboxylic acids is 1. The van der Waals surface area contributed by atoms with Crippen LogP contribution >= 0.6 is 23.5 Å². The van der Waals surface area contributed by atoms with E-state index in [1.54, 1.807) is 7.11 Å². The van der Waals surface area contributed by atoms with Gasteiger partial charge in [-0.05, 0) is 41.2 Å². The van der Waals surface area contributed by atoms with E-state index in [0.717, 1.165) is 41.1 Å². The van der Waals surface area contributed by atoms with Crippen molar-refractivity contribution in [3.05, 3.63) is 65.7 Å². The molecule has 2 fully saturated rings. The Labute approximate surface area is 217 Å². The fourth-order valence-electron chi connectivity index (χ4n) is 4.74. The average Bonchev–Trinajstić information content (AvgIpc) is 2.90. The molecule has 0 saturated carbocycles. The van der Waals surface area contributed by atoms with Crippen molar-refractivity contribution in [2.75, 3.05) is 25.2 Å². The maximum Gasteiger partial charge on any atom is 0.122 e. The zero-order valence-electron chi connectivity index (χ0n) is 20.6. The Balaban J connectivity index is 1.49. The van der Waals surface area contributed by atoms with Crippen molar-refractivity contribution in [2.45, 2.75) is 61.8 Å². The van der Waals surface area contributed by atoms with Crippen LogP contribution in [0, 0.1) is 5.92 Å². The molecule has 4 rings (SSSR count). The number of hydrogen-bond donors (Lipinski definition) is 0. The van der Waals surface area contributed by atoms with Gasteiger partial charge >= 0.3 is 0 Å². The van der Waals surface area contributed by atoms with Gasteiger partial charge in [-0.3, -0.25) is 0 Å². The Kier molecular flexibility index (Phi) is 9.98. The molecule has 1 spiro atoms. The largest absolute Gasteiger partial charge is 0.497 e. The van der Waals surface area contributed by atoms with Crippen molar-refractivity contribution in [1.29, 1.82) is 0 Å². The number of carbonyl (C=O) groups is 1. The second-order valence-corrected chi connectivity index (χ2v) is 12.3. The molecule has 0 radical (unpaired) electrons.